The summed E-state index contributed by atoms with van der Waals surface area (Å²) in [5, 5.41) is 3.45. The Morgan fingerprint density at radius 1 is 1.19 bits per heavy atom. The van der Waals surface area contributed by atoms with Crippen molar-refractivity contribution in [3.8, 4) is 5.75 Å². The highest BCUT2D eigenvalue weighted by Gasteiger charge is 2.68. The van der Waals surface area contributed by atoms with Crippen molar-refractivity contribution in [1.82, 2.24) is 15.5 Å². The Kier molecular flexibility index (Phi) is 6.76. The highest BCUT2D eigenvalue weighted by atomic mass is 19.4. The lowest BCUT2D eigenvalue weighted by molar-refractivity contribution is -0.204. The molecule has 1 aromatic rings. The second kappa shape index (κ2) is 9.15. The van der Waals surface area contributed by atoms with Crippen molar-refractivity contribution in [3.63, 3.8) is 0 Å². The Labute approximate surface area is 178 Å². The fourth-order valence-corrected chi connectivity index (χ4v) is 4.06. The molecule has 3 rings (SSSR count). The zero-order chi connectivity index (χ0) is 22.6. The quantitative estimate of drug-likeness (QED) is 0.635. The predicted molar refractivity (Wildman–Crippen MR) is 105 cm³/mol. The van der Waals surface area contributed by atoms with Crippen LogP contribution in [0.2, 0.25) is 0 Å². The Hall–Kier alpha value is -2.78. The number of nitrogens with zero attached hydrogens (tertiary/aromatic N) is 1. The second-order valence-corrected chi connectivity index (χ2v) is 8.01. The van der Waals surface area contributed by atoms with E-state index in [0.717, 1.165) is 32.1 Å². The number of halogens is 3. The minimum Gasteiger partial charge on any atom is -0.497 e. The maximum atomic E-state index is 13.9. The maximum absolute atomic E-state index is 13.9. The van der Waals surface area contributed by atoms with Crippen molar-refractivity contribution < 1.29 is 32.3 Å². The number of ether oxygens (including phenoxy) is 1. The smallest absolute Gasteiger partial charge is 0.440 e. The molecule has 31 heavy (non-hydrogen) atoms. The molecule has 1 atom stereocenters. The molecule has 0 spiro atoms. The molecule has 2 aliphatic rings. The van der Waals surface area contributed by atoms with Crippen molar-refractivity contribution in [2.24, 2.45) is 5.92 Å². The molecular formula is C21H26F3N3O4. The monoisotopic (exact) mass is 441 g/mol. The molecule has 7 nitrogen and oxygen atoms in total. The van der Waals surface area contributed by atoms with E-state index in [2.05, 4.69) is 0 Å². The van der Waals surface area contributed by atoms with Gasteiger partial charge in [0.2, 0.25) is 5.91 Å². The van der Waals surface area contributed by atoms with Crippen LogP contribution in [0.5, 0.6) is 5.75 Å². The van der Waals surface area contributed by atoms with E-state index in [9.17, 15) is 27.6 Å². The van der Waals surface area contributed by atoms with Gasteiger partial charge in [0.1, 0.15) is 5.75 Å². The first kappa shape index (κ1) is 22.9. The molecule has 1 aliphatic carbocycles. The molecule has 10 heteroatoms. The minimum absolute atomic E-state index is 0.135. The number of nitrogens with one attached hydrogen (secondary N) is 2. The first-order valence-electron chi connectivity index (χ1n) is 10.3. The topological polar surface area (TPSA) is 87.7 Å². The van der Waals surface area contributed by atoms with Crippen LogP contribution in [-0.4, -0.2) is 41.7 Å². The number of alkyl halides is 3. The number of urea groups is 1. The van der Waals surface area contributed by atoms with E-state index >= 15 is 0 Å². The summed E-state index contributed by atoms with van der Waals surface area (Å²) >= 11 is 0. The normalized spacial score (nSPS) is 22.4. The van der Waals surface area contributed by atoms with Crippen LogP contribution in [0.15, 0.2) is 24.3 Å². The van der Waals surface area contributed by atoms with Gasteiger partial charge in [0.05, 0.1) is 13.7 Å². The van der Waals surface area contributed by atoms with Crippen molar-refractivity contribution >= 4 is 17.8 Å². The Morgan fingerprint density at radius 2 is 1.84 bits per heavy atom. The molecule has 1 unspecified atom stereocenters. The highest BCUT2D eigenvalue weighted by molar-refractivity contribution is 6.08. The largest absolute Gasteiger partial charge is 0.497 e. The van der Waals surface area contributed by atoms with E-state index in [-0.39, 0.29) is 13.0 Å². The number of carbonyl (C=O) groups excluding carboxylic acids is 3. The van der Waals surface area contributed by atoms with Crippen LogP contribution in [-0.2, 0) is 16.1 Å². The number of amides is 4. The van der Waals surface area contributed by atoms with E-state index in [1.165, 1.54) is 19.2 Å². The number of hydrogen-bond acceptors (Lipinski definition) is 4. The predicted octanol–water partition coefficient (Wildman–Crippen LogP) is 3.48. The average Bonchev–Trinajstić information content (AvgIpc) is 2.98. The Morgan fingerprint density at radius 3 is 2.42 bits per heavy atom. The molecule has 170 valence electrons. The van der Waals surface area contributed by atoms with Crippen LogP contribution in [0.25, 0.3) is 0 Å². The first-order chi connectivity index (χ1) is 14.7. The molecule has 1 aromatic carbocycles. The molecule has 2 fully saturated rings. The summed E-state index contributed by atoms with van der Waals surface area (Å²) in [7, 11) is 1.46. The zero-order valence-corrected chi connectivity index (χ0v) is 17.3. The third-order valence-corrected chi connectivity index (χ3v) is 5.86. The van der Waals surface area contributed by atoms with Gasteiger partial charge in [0.25, 0.3) is 11.6 Å². The van der Waals surface area contributed by atoms with Crippen LogP contribution in [0.3, 0.4) is 0 Å². The molecule has 1 heterocycles. The van der Waals surface area contributed by atoms with Gasteiger partial charge >= 0.3 is 12.2 Å². The van der Waals surface area contributed by atoms with Gasteiger partial charge in [-0.1, -0.05) is 44.2 Å². The number of benzene rings is 1. The van der Waals surface area contributed by atoms with Crippen molar-refractivity contribution in [2.45, 2.75) is 63.3 Å². The highest BCUT2D eigenvalue weighted by Crippen LogP contribution is 2.35. The summed E-state index contributed by atoms with van der Waals surface area (Å²) in [6.07, 6.45) is 0.244. The van der Waals surface area contributed by atoms with Crippen LogP contribution < -0.4 is 15.4 Å². The third-order valence-electron chi connectivity index (χ3n) is 5.86. The van der Waals surface area contributed by atoms with E-state index in [0.29, 0.717) is 28.6 Å². The SMILES string of the molecule is COc1ccc(CN2C(=O)NC(NC(=O)CCC3CCCCC3)(C(F)(F)F)C2=O)cc1. The van der Waals surface area contributed by atoms with Gasteiger partial charge in [0.15, 0.2) is 0 Å². The molecule has 1 saturated heterocycles. The second-order valence-electron chi connectivity index (χ2n) is 8.01. The Balaban J connectivity index is 1.71. The summed E-state index contributed by atoms with van der Waals surface area (Å²) in [6.45, 7) is -0.371. The van der Waals surface area contributed by atoms with E-state index in [4.69, 9.17) is 4.74 Å². The summed E-state index contributed by atoms with van der Waals surface area (Å²) in [5.74, 6) is -1.65. The maximum Gasteiger partial charge on any atom is 0.440 e. The van der Waals surface area contributed by atoms with Gasteiger partial charge in [-0.25, -0.2) is 4.79 Å². The van der Waals surface area contributed by atoms with Crippen molar-refractivity contribution in [1.29, 1.82) is 0 Å². The summed E-state index contributed by atoms with van der Waals surface area (Å²) in [5.41, 5.74) is -3.02. The summed E-state index contributed by atoms with van der Waals surface area (Å²) in [6, 6.07) is 4.99. The van der Waals surface area contributed by atoms with Gasteiger partial charge in [0, 0.05) is 6.42 Å². The van der Waals surface area contributed by atoms with Crippen LogP contribution in [0.1, 0.15) is 50.5 Å². The van der Waals surface area contributed by atoms with Crippen LogP contribution >= 0.6 is 0 Å². The van der Waals surface area contributed by atoms with Gasteiger partial charge in [-0.05, 0) is 30.0 Å². The number of hydrogen-bond donors (Lipinski definition) is 2. The van der Waals surface area contributed by atoms with Crippen LogP contribution in [0.4, 0.5) is 18.0 Å². The summed E-state index contributed by atoms with van der Waals surface area (Å²) in [4.78, 5) is 37.8. The van der Waals surface area contributed by atoms with Gasteiger partial charge in [-0.3, -0.25) is 19.8 Å². The molecule has 1 saturated carbocycles. The third kappa shape index (κ3) is 4.94. The van der Waals surface area contributed by atoms with Gasteiger partial charge in [-0.15, -0.1) is 0 Å². The molecule has 0 aromatic heterocycles. The van der Waals surface area contributed by atoms with E-state index in [1.807, 2.05) is 0 Å². The summed E-state index contributed by atoms with van der Waals surface area (Å²) < 4.78 is 46.8. The lowest BCUT2D eigenvalue weighted by atomic mass is 9.86. The Bertz CT molecular complexity index is 822. The lowest BCUT2D eigenvalue weighted by Crippen LogP contribution is -2.69. The molecule has 0 radical (unpaired) electrons. The van der Waals surface area contributed by atoms with Gasteiger partial charge in [-0.2, -0.15) is 13.2 Å². The number of imide groups is 1. The first-order valence-corrected chi connectivity index (χ1v) is 10.3. The lowest BCUT2D eigenvalue weighted by Gasteiger charge is -2.30. The fraction of sp³-hybridized carbons (Fsp3) is 0.571. The molecule has 0 bridgehead atoms. The molecule has 1 aliphatic heterocycles. The van der Waals surface area contributed by atoms with Crippen molar-refractivity contribution in [3.05, 3.63) is 29.8 Å². The van der Waals surface area contributed by atoms with Gasteiger partial charge < -0.3 is 10.1 Å². The number of carbonyl (C=O) groups is 3. The minimum atomic E-state index is -5.20. The molecule has 2 N–H and O–H groups in total. The van der Waals surface area contributed by atoms with Crippen LogP contribution in [0, 0.1) is 5.92 Å². The average molecular weight is 441 g/mol. The zero-order valence-electron chi connectivity index (χ0n) is 17.3. The molecule has 4 amide bonds. The standard InChI is InChI=1S/C21H26F3N3O4/c1-31-16-10-7-15(8-11-16)13-27-18(29)20(21(22,23)24,26-19(27)30)25-17(28)12-9-14-5-3-2-4-6-14/h7-8,10-11,14H,2-6,9,12-13H2,1H3,(H,25,28)(H,26,30). The number of rotatable bonds is 7. The van der Waals surface area contributed by atoms with Crippen molar-refractivity contribution in [2.75, 3.05) is 7.11 Å². The van der Waals surface area contributed by atoms with E-state index < -0.39 is 29.7 Å². The van der Waals surface area contributed by atoms with E-state index in [1.54, 1.807) is 22.8 Å². The fourth-order valence-electron chi connectivity index (χ4n) is 4.06. The number of methoxy groups -OCH3 is 1. The molecular weight excluding hydrogens is 415 g/mol.